The van der Waals surface area contributed by atoms with Gasteiger partial charge in [0.25, 0.3) is 0 Å². The second kappa shape index (κ2) is 11.7. The number of amides is 1. The number of carbonyl (C=O) groups is 1. The summed E-state index contributed by atoms with van der Waals surface area (Å²) in [7, 11) is 4.12. The summed E-state index contributed by atoms with van der Waals surface area (Å²) < 4.78 is 0. The smallest absolute Gasteiger partial charge is 0.240 e. The van der Waals surface area contributed by atoms with E-state index in [1.807, 2.05) is 12.1 Å². The first-order chi connectivity index (χ1) is 17.5. The van der Waals surface area contributed by atoms with E-state index in [4.69, 9.17) is 4.84 Å². The SMILES string of the molecule is C[C@H](O)[C@@H]1[C@H](CO)ON(Cc2cccc(CNCCN(C)C)c2)[C@@H]1C(=O)NC1C[C@@H]2C[C@H]([C@@H]1C)C2(C)C. The van der Waals surface area contributed by atoms with Gasteiger partial charge in [-0.3, -0.25) is 9.63 Å². The van der Waals surface area contributed by atoms with Gasteiger partial charge in [0.1, 0.15) is 12.1 Å². The molecule has 37 heavy (non-hydrogen) atoms. The summed E-state index contributed by atoms with van der Waals surface area (Å²) in [6.07, 6.45) is 0.835. The fourth-order valence-corrected chi connectivity index (χ4v) is 7.04. The number of nitrogens with zero attached hydrogens (tertiary/aromatic N) is 2. The summed E-state index contributed by atoms with van der Waals surface area (Å²) in [6, 6.07) is 7.74. The van der Waals surface area contributed by atoms with Gasteiger partial charge in [0, 0.05) is 31.6 Å². The first-order valence-corrected chi connectivity index (χ1v) is 14.0. The molecule has 1 saturated heterocycles. The van der Waals surface area contributed by atoms with Crippen LogP contribution in [-0.4, -0.2) is 84.2 Å². The van der Waals surface area contributed by atoms with Crippen molar-refractivity contribution in [3.05, 3.63) is 35.4 Å². The molecule has 1 aromatic carbocycles. The third-order valence-corrected chi connectivity index (χ3v) is 9.46. The number of hydrogen-bond acceptors (Lipinski definition) is 7. The molecule has 8 atom stereocenters. The zero-order chi connectivity index (χ0) is 26.9. The molecule has 4 N–H and O–H groups in total. The molecule has 2 bridgehead atoms. The average Bonchev–Trinajstić information content (AvgIpc) is 3.21. The van der Waals surface area contributed by atoms with Gasteiger partial charge in [-0.25, -0.2) is 0 Å². The number of hydroxylamine groups is 2. The predicted molar refractivity (Wildman–Crippen MR) is 144 cm³/mol. The van der Waals surface area contributed by atoms with E-state index in [0.717, 1.165) is 31.6 Å². The van der Waals surface area contributed by atoms with Gasteiger partial charge in [-0.1, -0.05) is 45.0 Å². The summed E-state index contributed by atoms with van der Waals surface area (Å²) in [4.78, 5) is 22.0. The van der Waals surface area contributed by atoms with E-state index in [1.54, 1.807) is 12.0 Å². The quantitative estimate of drug-likeness (QED) is 0.334. The summed E-state index contributed by atoms with van der Waals surface area (Å²) in [5.41, 5.74) is 2.54. The van der Waals surface area contributed by atoms with Crippen molar-refractivity contribution in [2.45, 2.75) is 77.9 Å². The van der Waals surface area contributed by atoms with Crippen LogP contribution in [0.2, 0.25) is 0 Å². The number of hydrogen-bond donors (Lipinski definition) is 4. The molecule has 8 nitrogen and oxygen atoms in total. The Balaban J connectivity index is 1.46. The van der Waals surface area contributed by atoms with Crippen molar-refractivity contribution < 1.29 is 19.8 Å². The lowest BCUT2D eigenvalue weighted by atomic mass is 9.45. The van der Waals surface area contributed by atoms with Gasteiger partial charge in [-0.15, -0.1) is 0 Å². The topological polar surface area (TPSA) is 97.3 Å². The average molecular weight is 517 g/mol. The highest BCUT2D eigenvalue weighted by atomic mass is 16.7. The van der Waals surface area contributed by atoms with Crippen molar-refractivity contribution in [1.82, 2.24) is 20.6 Å². The molecule has 1 unspecified atom stereocenters. The fourth-order valence-electron chi connectivity index (χ4n) is 7.04. The molecule has 5 rings (SSSR count). The highest BCUT2D eigenvalue weighted by Gasteiger charge is 2.57. The maximum Gasteiger partial charge on any atom is 0.240 e. The molecule has 0 radical (unpaired) electrons. The van der Waals surface area contributed by atoms with Crippen molar-refractivity contribution in [3.8, 4) is 0 Å². The molecule has 0 spiro atoms. The van der Waals surface area contributed by atoms with E-state index in [-0.39, 0.29) is 18.6 Å². The lowest BCUT2D eigenvalue weighted by Gasteiger charge is -2.62. The van der Waals surface area contributed by atoms with Crippen LogP contribution in [0.4, 0.5) is 0 Å². The third kappa shape index (κ3) is 6.05. The van der Waals surface area contributed by atoms with E-state index in [9.17, 15) is 15.0 Å². The molecule has 1 aliphatic heterocycles. The molecule has 1 aromatic rings. The highest BCUT2D eigenvalue weighted by molar-refractivity contribution is 5.82. The summed E-state index contributed by atoms with van der Waals surface area (Å²) >= 11 is 0. The number of aliphatic hydroxyl groups excluding tert-OH is 2. The number of fused-ring (bicyclic) bond motifs is 2. The molecule has 3 aliphatic carbocycles. The van der Waals surface area contributed by atoms with E-state index in [2.05, 4.69) is 62.5 Å². The van der Waals surface area contributed by atoms with Crippen molar-refractivity contribution in [3.63, 3.8) is 0 Å². The fraction of sp³-hybridized carbons (Fsp3) is 0.759. The standard InChI is InChI=1S/C29H48N4O4/c1-18-23-13-22(29(23,3)4)14-24(18)31-28(36)27-26(19(2)35)25(17-34)37-33(27)16-21-9-7-8-20(12-21)15-30-10-11-32(5)6/h7-9,12,18-19,22-27,30,34-35H,10-11,13-17H2,1-6H3,(H,31,36)/t18-,19-,22-,23+,24?,25-,26+,27-/m0/s1. The van der Waals surface area contributed by atoms with Crippen LogP contribution in [0, 0.1) is 29.1 Å². The number of aliphatic hydroxyl groups is 2. The van der Waals surface area contributed by atoms with E-state index >= 15 is 0 Å². The minimum atomic E-state index is -0.791. The van der Waals surface area contributed by atoms with E-state index in [1.165, 1.54) is 12.0 Å². The Bertz CT molecular complexity index is 923. The predicted octanol–water partition coefficient (Wildman–Crippen LogP) is 2.00. The molecule has 3 saturated carbocycles. The molecule has 8 heteroatoms. The zero-order valence-electron chi connectivity index (χ0n) is 23.5. The number of carbonyl (C=O) groups excluding carboxylic acids is 1. The van der Waals surface area contributed by atoms with Crippen LogP contribution in [0.25, 0.3) is 0 Å². The Morgan fingerprint density at radius 1 is 1.27 bits per heavy atom. The molecular weight excluding hydrogens is 468 g/mol. The highest BCUT2D eigenvalue weighted by Crippen LogP contribution is 2.61. The van der Waals surface area contributed by atoms with Crippen LogP contribution < -0.4 is 10.6 Å². The number of likely N-dealkylation sites (N-methyl/N-ethyl adjacent to an activating group) is 1. The Morgan fingerprint density at radius 2 is 2.00 bits per heavy atom. The molecule has 0 aromatic heterocycles. The van der Waals surface area contributed by atoms with Gasteiger partial charge < -0.3 is 25.7 Å². The summed E-state index contributed by atoms with van der Waals surface area (Å²) in [5, 5.41) is 29.1. The first-order valence-electron chi connectivity index (χ1n) is 14.0. The van der Waals surface area contributed by atoms with Gasteiger partial charge in [0.05, 0.1) is 19.3 Å². The van der Waals surface area contributed by atoms with Gasteiger partial charge in [0.2, 0.25) is 5.91 Å². The monoisotopic (exact) mass is 516 g/mol. The van der Waals surface area contributed by atoms with Gasteiger partial charge >= 0.3 is 0 Å². The van der Waals surface area contributed by atoms with Crippen molar-refractivity contribution in [2.75, 3.05) is 33.8 Å². The minimum absolute atomic E-state index is 0.112. The lowest BCUT2D eigenvalue weighted by Crippen LogP contribution is -2.62. The van der Waals surface area contributed by atoms with Gasteiger partial charge in [-0.2, -0.15) is 5.06 Å². The molecule has 4 aliphatic rings. The maximum absolute atomic E-state index is 13.8. The van der Waals surface area contributed by atoms with E-state index < -0.39 is 24.2 Å². The molecular formula is C29H48N4O4. The Kier molecular flexibility index (Phi) is 8.98. The van der Waals surface area contributed by atoms with Crippen LogP contribution in [-0.2, 0) is 22.7 Å². The van der Waals surface area contributed by atoms with Crippen molar-refractivity contribution in [2.24, 2.45) is 29.1 Å². The lowest BCUT2D eigenvalue weighted by molar-refractivity contribution is -0.183. The van der Waals surface area contributed by atoms with Crippen molar-refractivity contribution in [1.29, 1.82) is 0 Å². The van der Waals surface area contributed by atoms with Crippen LogP contribution in [0.15, 0.2) is 24.3 Å². The Labute approximate surface area is 222 Å². The third-order valence-electron chi connectivity index (χ3n) is 9.46. The summed E-state index contributed by atoms with van der Waals surface area (Å²) in [6.45, 7) is 11.5. The second-order valence-corrected chi connectivity index (χ2v) is 12.5. The summed E-state index contributed by atoms with van der Waals surface area (Å²) in [5.74, 6) is 1.06. The minimum Gasteiger partial charge on any atom is -0.394 e. The number of nitrogens with one attached hydrogen (secondary N) is 2. The molecule has 1 heterocycles. The second-order valence-electron chi connectivity index (χ2n) is 12.5. The van der Waals surface area contributed by atoms with Crippen LogP contribution in [0.3, 0.4) is 0 Å². The Hall–Kier alpha value is -1.55. The first kappa shape index (κ1) is 28.5. The maximum atomic E-state index is 13.8. The van der Waals surface area contributed by atoms with Crippen molar-refractivity contribution >= 4 is 5.91 Å². The van der Waals surface area contributed by atoms with E-state index in [0.29, 0.717) is 29.7 Å². The van der Waals surface area contributed by atoms with Crippen LogP contribution >= 0.6 is 0 Å². The zero-order valence-corrected chi connectivity index (χ0v) is 23.5. The molecule has 1 amide bonds. The molecule has 4 fully saturated rings. The van der Waals surface area contributed by atoms with Crippen LogP contribution in [0.5, 0.6) is 0 Å². The van der Waals surface area contributed by atoms with Crippen LogP contribution in [0.1, 0.15) is 51.7 Å². The largest absolute Gasteiger partial charge is 0.394 e. The van der Waals surface area contributed by atoms with Gasteiger partial charge in [-0.05, 0) is 68.2 Å². The number of benzene rings is 1. The Morgan fingerprint density at radius 3 is 2.62 bits per heavy atom. The normalized spacial score (nSPS) is 33.8. The van der Waals surface area contributed by atoms with Gasteiger partial charge in [0.15, 0.2) is 0 Å². The number of rotatable bonds is 11. The molecule has 208 valence electrons.